The van der Waals surface area contributed by atoms with Crippen molar-refractivity contribution in [2.75, 3.05) is 0 Å². The van der Waals surface area contributed by atoms with Crippen LogP contribution in [0.15, 0.2) is 42.1 Å². The van der Waals surface area contributed by atoms with E-state index in [1.165, 1.54) is 5.56 Å². The van der Waals surface area contributed by atoms with E-state index in [-0.39, 0.29) is 0 Å². The molecule has 0 bridgehead atoms. The molecule has 2 heteroatoms. The zero-order valence-corrected chi connectivity index (χ0v) is 9.11. The van der Waals surface area contributed by atoms with Gasteiger partial charge in [0.15, 0.2) is 8.11 Å². The zero-order valence-electron chi connectivity index (χ0n) is 7.20. The van der Waals surface area contributed by atoms with E-state index in [2.05, 4.69) is 42.6 Å². The summed E-state index contributed by atoms with van der Waals surface area (Å²) in [7, 11) is -1.02. The van der Waals surface area contributed by atoms with Crippen LogP contribution in [-0.4, -0.2) is 8.11 Å². The third-order valence-electron chi connectivity index (χ3n) is 1.60. The Morgan fingerprint density at radius 2 is 2.00 bits per heavy atom. The highest BCUT2D eigenvalue weighted by atomic mass is 35.6. The van der Waals surface area contributed by atoms with Crippen molar-refractivity contribution in [3.8, 4) is 0 Å². The van der Waals surface area contributed by atoms with Crippen LogP contribution in [-0.2, 0) is 6.42 Å². The number of benzene rings is 1. The molecule has 64 valence electrons. The van der Waals surface area contributed by atoms with Crippen molar-refractivity contribution in [1.82, 2.24) is 0 Å². The van der Waals surface area contributed by atoms with Gasteiger partial charge in [0.2, 0.25) is 0 Å². The van der Waals surface area contributed by atoms with Gasteiger partial charge in [0, 0.05) is 0 Å². The van der Waals surface area contributed by atoms with Gasteiger partial charge >= 0.3 is 0 Å². The smallest absolute Gasteiger partial charge is 0.161 e. The summed E-state index contributed by atoms with van der Waals surface area (Å²) in [4.78, 5) is 0. The predicted octanol–water partition coefficient (Wildman–Crippen LogP) is 2.92. The second kappa shape index (κ2) is 5.17. The number of allylic oxidation sites excluding steroid dienone is 1. The molecule has 0 radical (unpaired) electrons. The normalized spacial score (nSPS) is 13.5. The fraction of sp³-hybridized carbons (Fsp3) is 0.200. The molecule has 12 heavy (non-hydrogen) atoms. The summed E-state index contributed by atoms with van der Waals surface area (Å²) < 4.78 is 0. The van der Waals surface area contributed by atoms with Gasteiger partial charge in [-0.05, 0) is 12.0 Å². The Balaban J connectivity index is 2.43. The standard InChI is InChI=1S/C10H13ClSi/c1-12(11)9-5-8-10-6-3-2-4-7-10/h2-7,9,12H,8H2,1H3. The highest BCUT2D eigenvalue weighted by molar-refractivity contribution is 7.09. The molecule has 0 fully saturated rings. The summed E-state index contributed by atoms with van der Waals surface area (Å²) >= 11 is 5.90. The van der Waals surface area contributed by atoms with Crippen molar-refractivity contribution in [2.24, 2.45) is 0 Å². The number of hydrogen-bond donors (Lipinski definition) is 0. The maximum Gasteiger partial charge on any atom is 0.161 e. The van der Waals surface area contributed by atoms with Gasteiger partial charge in [0.1, 0.15) is 0 Å². The highest BCUT2D eigenvalue weighted by Crippen LogP contribution is 2.01. The summed E-state index contributed by atoms with van der Waals surface area (Å²) in [5.41, 5.74) is 3.49. The van der Waals surface area contributed by atoms with E-state index >= 15 is 0 Å². The highest BCUT2D eigenvalue weighted by Gasteiger charge is 1.89. The van der Waals surface area contributed by atoms with Gasteiger partial charge in [0.05, 0.1) is 0 Å². The summed E-state index contributed by atoms with van der Waals surface area (Å²) in [5.74, 6) is 0. The third kappa shape index (κ3) is 3.74. The lowest BCUT2D eigenvalue weighted by Crippen LogP contribution is -1.89. The van der Waals surface area contributed by atoms with Crippen LogP contribution in [0, 0.1) is 0 Å². The maximum atomic E-state index is 5.90. The molecule has 0 amide bonds. The Hall–Kier alpha value is -0.533. The van der Waals surface area contributed by atoms with E-state index in [0.717, 1.165) is 6.42 Å². The number of halogens is 1. The molecule has 0 spiro atoms. The Bertz CT molecular complexity index is 241. The minimum atomic E-state index is -1.02. The van der Waals surface area contributed by atoms with Crippen LogP contribution in [0.3, 0.4) is 0 Å². The topological polar surface area (TPSA) is 0 Å². The van der Waals surface area contributed by atoms with Crippen molar-refractivity contribution < 1.29 is 0 Å². The van der Waals surface area contributed by atoms with Gasteiger partial charge in [-0.2, -0.15) is 11.1 Å². The van der Waals surface area contributed by atoms with Gasteiger partial charge < -0.3 is 0 Å². The van der Waals surface area contributed by atoms with Crippen LogP contribution < -0.4 is 0 Å². The van der Waals surface area contributed by atoms with Crippen LogP contribution in [0.1, 0.15) is 5.56 Å². The zero-order chi connectivity index (χ0) is 8.81. The van der Waals surface area contributed by atoms with Crippen molar-refractivity contribution in [2.45, 2.75) is 13.0 Å². The first-order chi connectivity index (χ1) is 5.79. The fourth-order valence-corrected chi connectivity index (χ4v) is 1.83. The Kier molecular flexibility index (Phi) is 4.12. The average Bonchev–Trinajstić information content (AvgIpc) is 2.05. The maximum absolute atomic E-state index is 5.90. The lowest BCUT2D eigenvalue weighted by Gasteiger charge is -1.94. The Morgan fingerprint density at radius 3 is 2.58 bits per heavy atom. The van der Waals surface area contributed by atoms with Gasteiger partial charge in [-0.25, -0.2) is 0 Å². The average molecular weight is 197 g/mol. The van der Waals surface area contributed by atoms with Crippen molar-refractivity contribution in [3.05, 3.63) is 47.7 Å². The lowest BCUT2D eigenvalue weighted by molar-refractivity contribution is 1.27. The van der Waals surface area contributed by atoms with Gasteiger partial charge in [-0.1, -0.05) is 48.7 Å². The van der Waals surface area contributed by atoms with Gasteiger partial charge in [-0.15, -0.1) is 0 Å². The van der Waals surface area contributed by atoms with Crippen molar-refractivity contribution in [3.63, 3.8) is 0 Å². The van der Waals surface area contributed by atoms with E-state index in [9.17, 15) is 0 Å². The molecule has 0 aromatic heterocycles. The summed E-state index contributed by atoms with van der Waals surface area (Å²) in [6, 6.07) is 10.4. The van der Waals surface area contributed by atoms with Crippen LogP contribution >= 0.6 is 11.1 Å². The number of rotatable bonds is 3. The largest absolute Gasteiger partial charge is 0.166 e. The molecule has 0 aliphatic heterocycles. The molecular weight excluding hydrogens is 184 g/mol. The molecule has 0 nitrogen and oxygen atoms in total. The first-order valence-corrected chi connectivity index (χ1v) is 7.70. The monoisotopic (exact) mass is 196 g/mol. The van der Waals surface area contributed by atoms with Crippen LogP contribution in [0.5, 0.6) is 0 Å². The Morgan fingerprint density at radius 1 is 1.33 bits per heavy atom. The minimum Gasteiger partial charge on any atom is -0.166 e. The number of hydrogen-bond acceptors (Lipinski definition) is 0. The molecule has 0 heterocycles. The molecule has 0 saturated carbocycles. The molecule has 0 aliphatic carbocycles. The molecule has 1 aromatic rings. The molecule has 1 atom stereocenters. The molecule has 1 unspecified atom stereocenters. The van der Waals surface area contributed by atoms with Crippen molar-refractivity contribution in [1.29, 1.82) is 0 Å². The SMILES string of the molecule is C[SiH](Cl)C=CCc1ccccc1. The summed E-state index contributed by atoms with van der Waals surface area (Å²) in [6.45, 7) is 2.10. The first kappa shape index (κ1) is 9.55. The summed E-state index contributed by atoms with van der Waals surface area (Å²) in [5, 5.41) is 0. The van der Waals surface area contributed by atoms with E-state index < -0.39 is 8.11 Å². The first-order valence-electron chi connectivity index (χ1n) is 4.13. The van der Waals surface area contributed by atoms with Crippen LogP contribution in [0.4, 0.5) is 0 Å². The van der Waals surface area contributed by atoms with E-state index in [1.54, 1.807) is 0 Å². The summed E-state index contributed by atoms with van der Waals surface area (Å²) in [6.07, 6.45) is 3.17. The van der Waals surface area contributed by atoms with E-state index in [4.69, 9.17) is 11.1 Å². The third-order valence-corrected chi connectivity index (χ3v) is 2.84. The molecule has 1 rings (SSSR count). The minimum absolute atomic E-state index is 1.00. The molecule has 1 aromatic carbocycles. The van der Waals surface area contributed by atoms with E-state index in [0.29, 0.717) is 0 Å². The van der Waals surface area contributed by atoms with Gasteiger partial charge in [-0.3, -0.25) is 0 Å². The quantitative estimate of drug-likeness (QED) is 0.515. The fourth-order valence-electron chi connectivity index (χ4n) is 1.01. The van der Waals surface area contributed by atoms with Crippen LogP contribution in [0.25, 0.3) is 0 Å². The van der Waals surface area contributed by atoms with E-state index in [1.807, 2.05) is 6.07 Å². The molecule has 0 aliphatic rings. The second-order valence-corrected chi connectivity index (χ2v) is 6.60. The van der Waals surface area contributed by atoms with Crippen LogP contribution in [0.2, 0.25) is 6.55 Å². The Labute approximate surface area is 80.2 Å². The molecular formula is C10H13ClSi. The lowest BCUT2D eigenvalue weighted by atomic mass is 10.2. The second-order valence-electron chi connectivity index (χ2n) is 2.80. The molecule has 0 saturated heterocycles. The van der Waals surface area contributed by atoms with Crippen molar-refractivity contribution >= 4 is 19.2 Å². The molecule has 0 N–H and O–H groups in total. The van der Waals surface area contributed by atoms with Gasteiger partial charge in [0.25, 0.3) is 0 Å². The predicted molar refractivity (Wildman–Crippen MR) is 58.2 cm³/mol.